The van der Waals surface area contributed by atoms with E-state index in [1.165, 1.54) is 5.56 Å². The van der Waals surface area contributed by atoms with Crippen molar-refractivity contribution < 1.29 is 4.79 Å². The van der Waals surface area contributed by atoms with Crippen LogP contribution in [0.3, 0.4) is 0 Å². The topological polar surface area (TPSA) is 58.1 Å². The summed E-state index contributed by atoms with van der Waals surface area (Å²) in [7, 11) is 0. The Bertz CT molecular complexity index is 942. The number of fused-ring (bicyclic) bond motifs is 1. The zero-order valence-corrected chi connectivity index (χ0v) is 15.3. The van der Waals surface area contributed by atoms with E-state index in [1.54, 1.807) is 12.3 Å². The molecule has 0 spiro atoms. The van der Waals surface area contributed by atoms with Crippen molar-refractivity contribution in [3.05, 3.63) is 83.7 Å². The summed E-state index contributed by atoms with van der Waals surface area (Å²) in [4.78, 5) is 23.7. The van der Waals surface area contributed by atoms with Crippen LogP contribution in [-0.4, -0.2) is 22.4 Å². The van der Waals surface area contributed by atoms with E-state index in [4.69, 9.17) is 0 Å². The first-order valence-corrected chi connectivity index (χ1v) is 9.26. The van der Waals surface area contributed by atoms with Crippen LogP contribution in [-0.2, 0) is 6.42 Å². The second-order valence-corrected chi connectivity index (χ2v) is 6.73. The van der Waals surface area contributed by atoms with Gasteiger partial charge in [-0.3, -0.25) is 4.79 Å². The van der Waals surface area contributed by atoms with Crippen LogP contribution in [0.4, 0.5) is 11.6 Å². The summed E-state index contributed by atoms with van der Waals surface area (Å²) in [5.74, 6) is 0.377. The van der Waals surface area contributed by atoms with Crippen molar-refractivity contribution in [3.8, 4) is 0 Å². The van der Waals surface area contributed by atoms with E-state index >= 15 is 0 Å². The standard InChI is InChI=1S/C22H22N4O/c1-16(17-8-3-2-4-9-17)24-22-23-14-13-19(25-22)21(27)26-15-7-11-18-10-5-6-12-20(18)26/h2-6,8-10,12-14,16H,7,11,15H2,1H3,(H,23,24,25). The lowest BCUT2D eigenvalue weighted by Gasteiger charge is -2.29. The van der Waals surface area contributed by atoms with Gasteiger partial charge in [0, 0.05) is 18.4 Å². The molecule has 5 heteroatoms. The number of benzene rings is 2. The van der Waals surface area contributed by atoms with Crippen LogP contribution in [0.5, 0.6) is 0 Å². The number of carbonyl (C=O) groups is 1. The Balaban J connectivity index is 1.55. The molecule has 1 unspecified atom stereocenters. The summed E-state index contributed by atoms with van der Waals surface area (Å²) >= 11 is 0. The lowest BCUT2D eigenvalue weighted by molar-refractivity contribution is 0.0980. The minimum absolute atomic E-state index is 0.0484. The van der Waals surface area contributed by atoms with Crippen LogP contribution < -0.4 is 10.2 Å². The van der Waals surface area contributed by atoms with Crippen LogP contribution in [0.2, 0.25) is 0 Å². The zero-order valence-electron chi connectivity index (χ0n) is 15.3. The maximum atomic E-state index is 13.1. The van der Waals surface area contributed by atoms with E-state index in [2.05, 4.69) is 33.5 Å². The molecule has 1 N–H and O–H groups in total. The fourth-order valence-electron chi connectivity index (χ4n) is 3.45. The number of amides is 1. The van der Waals surface area contributed by atoms with E-state index in [-0.39, 0.29) is 11.9 Å². The van der Waals surface area contributed by atoms with Gasteiger partial charge in [0.1, 0.15) is 5.69 Å². The van der Waals surface area contributed by atoms with Crippen molar-refractivity contribution >= 4 is 17.5 Å². The average Bonchev–Trinajstić information content (AvgIpc) is 2.73. The number of anilines is 2. The Morgan fingerprint density at radius 3 is 2.70 bits per heavy atom. The molecule has 0 fully saturated rings. The number of aryl methyl sites for hydroxylation is 1. The molecule has 1 aliphatic heterocycles. The number of para-hydroxylation sites is 1. The molecule has 136 valence electrons. The third kappa shape index (κ3) is 3.67. The van der Waals surface area contributed by atoms with E-state index in [0.717, 1.165) is 24.1 Å². The predicted octanol–water partition coefficient (Wildman–Crippen LogP) is 4.24. The number of nitrogens with one attached hydrogen (secondary N) is 1. The first-order chi connectivity index (χ1) is 13.2. The van der Waals surface area contributed by atoms with Crippen molar-refractivity contribution in [2.24, 2.45) is 0 Å². The lowest BCUT2D eigenvalue weighted by atomic mass is 10.0. The summed E-state index contributed by atoms with van der Waals surface area (Å²) in [6, 6.07) is 19.9. The van der Waals surface area contributed by atoms with Crippen molar-refractivity contribution in [3.63, 3.8) is 0 Å². The van der Waals surface area contributed by atoms with Gasteiger partial charge in [0.05, 0.1) is 6.04 Å². The Kier molecular flexibility index (Phi) is 4.83. The van der Waals surface area contributed by atoms with Crippen molar-refractivity contribution in [1.29, 1.82) is 0 Å². The smallest absolute Gasteiger partial charge is 0.277 e. The fraction of sp³-hybridized carbons (Fsp3) is 0.227. The number of aromatic nitrogens is 2. The number of carbonyl (C=O) groups excluding carboxylic acids is 1. The molecule has 1 amide bonds. The Morgan fingerprint density at radius 1 is 1.07 bits per heavy atom. The maximum Gasteiger partial charge on any atom is 0.277 e. The number of hydrogen-bond acceptors (Lipinski definition) is 4. The highest BCUT2D eigenvalue weighted by atomic mass is 16.2. The van der Waals surface area contributed by atoms with Gasteiger partial charge in [0.25, 0.3) is 5.91 Å². The Labute approximate surface area is 159 Å². The highest BCUT2D eigenvalue weighted by Gasteiger charge is 2.24. The van der Waals surface area contributed by atoms with E-state index < -0.39 is 0 Å². The van der Waals surface area contributed by atoms with Gasteiger partial charge in [0.15, 0.2) is 0 Å². The van der Waals surface area contributed by atoms with Crippen molar-refractivity contribution in [2.75, 3.05) is 16.8 Å². The van der Waals surface area contributed by atoms with Gasteiger partial charge in [-0.25, -0.2) is 9.97 Å². The molecule has 0 saturated heterocycles. The Hall–Kier alpha value is -3.21. The number of rotatable bonds is 4. The maximum absolute atomic E-state index is 13.1. The van der Waals surface area contributed by atoms with Gasteiger partial charge >= 0.3 is 0 Å². The molecule has 5 nitrogen and oxygen atoms in total. The van der Waals surface area contributed by atoms with Gasteiger partial charge in [-0.1, -0.05) is 48.5 Å². The zero-order chi connectivity index (χ0) is 18.6. The minimum Gasteiger partial charge on any atom is -0.348 e. The Morgan fingerprint density at radius 2 is 1.85 bits per heavy atom. The molecule has 2 heterocycles. The fourth-order valence-corrected chi connectivity index (χ4v) is 3.45. The third-order valence-electron chi connectivity index (χ3n) is 4.88. The first kappa shape index (κ1) is 17.2. The molecule has 1 aromatic heterocycles. The number of nitrogens with zero attached hydrogens (tertiary/aromatic N) is 3. The first-order valence-electron chi connectivity index (χ1n) is 9.26. The van der Waals surface area contributed by atoms with Crippen LogP contribution >= 0.6 is 0 Å². The molecular formula is C22H22N4O. The molecule has 0 saturated carbocycles. The molecule has 1 atom stereocenters. The third-order valence-corrected chi connectivity index (χ3v) is 4.88. The number of hydrogen-bond donors (Lipinski definition) is 1. The molecule has 3 aromatic rings. The van der Waals surface area contributed by atoms with Crippen molar-refractivity contribution in [1.82, 2.24) is 9.97 Å². The van der Waals surface area contributed by atoms with Gasteiger partial charge in [-0.15, -0.1) is 0 Å². The molecule has 27 heavy (non-hydrogen) atoms. The van der Waals surface area contributed by atoms with E-state index in [9.17, 15) is 4.79 Å². The molecule has 2 aromatic carbocycles. The predicted molar refractivity (Wildman–Crippen MR) is 107 cm³/mol. The van der Waals surface area contributed by atoms with Gasteiger partial charge in [0.2, 0.25) is 5.95 Å². The summed E-state index contributed by atoms with van der Waals surface area (Å²) in [6.45, 7) is 2.76. The van der Waals surface area contributed by atoms with E-state index in [0.29, 0.717) is 18.2 Å². The van der Waals surface area contributed by atoms with E-state index in [1.807, 2.05) is 48.2 Å². The highest BCUT2D eigenvalue weighted by molar-refractivity contribution is 6.05. The quantitative estimate of drug-likeness (QED) is 0.758. The molecule has 0 bridgehead atoms. The van der Waals surface area contributed by atoms with Crippen LogP contribution in [0.1, 0.15) is 41.0 Å². The summed E-state index contributed by atoms with van der Waals surface area (Å²) in [5, 5.41) is 3.28. The average molecular weight is 358 g/mol. The monoisotopic (exact) mass is 358 g/mol. The van der Waals surface area contributed by atoms with Crippen LogP contribution in [0, 0.1) is 0 Å². The highest BCUT2D eigenvalue weighted by Crippen LogP contribution is 2.28. The molecule has 0 radical (unpaired) electrons. The largest absolute Gasteiger partial charge is 0.348 e. The molecule has 1 aliphatic rings. The normalized spacial score (nSPS) is 14.3. The summed E-state index contributed by atoms with van der Waals surface area (Å²) < 4.78 is 0. The SMILES string of the molecule is CC(Nc1nccc(C(=O)N2CCCc3ccccc32)n1)c1ccccc1. The summed E-state index contributed by atoms with van der Waals surface area (Å²) in [6.07, 6.45) is 3.60. The van der Waals surface area contributed by atoms with Crippen LogP contribution in [0.25, 0.3) is 0 Å². The van der Waals surface area contributed by atoms with Crippen LogP contribution in [0.15, 0.2) is 66.9 Å². The molecule has 0 aliphatic carbocycles. The molecular weight excluding hydrogens is 336 g/mol. The molecule has 4 rings (SSSR count). The second kappa shape index (κ2) is 7.58. The second-order valence-electron chi connectivity index (χ2n) is 6.73. The van der Waals surface area contributed by atoms with Gasteiger partial charge in [-0.05, 0) is 43.0 Å². The van der Waals surface area contributed by atoms with Gasteiger partial charge in [-0.2, -0.15) is 0 Å². The summed E-state index contributed by atoms with van der Waals surface area (Å²) in [5.41, 5.74) is 3.74. The van der Waals surface area contributed by atoms with Gasteiger partial charge < -0.3 is 10.2 Å². The lowest BCUT2D eigenvalue weighted by Crippen LogP contribution is -2.36. The minimum atomic E-state index is -0.0834. The van der Waals surface area contributed by atoms with Crippen molar-refractivity contribution in [2.45, 2.75) is 25.8 Å².